The topological polar surface area (TPSA) is 78.3 Å². The lowest BCUT2D eigenvalue weighted by Gasteiger charge is -2.03. The SMILES string of the molecule is C#CCOC(=O)c1cc(N)cc(N)c1. The van der Waals surface area contributed by atoms with E-state index < -0.39 is 5.97 Å². The molecule has 0 fully saturated rings. The average Bonchev–Trinajstić information content (AvgIpc) is 2.12. The maximum atomic E-state index is 11.3. The van der Waals surface area contributed by atoms with E-state index in [4.69, 9.17) is 22.6 Å². The quantitative estimate of drug-likeness (QED) is 0.407. The Morgan fingerprint density at radius 1 is 1.36 bits per heavy atom. The fourth-order valence-electron chi connectivity index (χ4n) is 0.985. The van der Waals surface area contributed by atoms with Crippen LogP contribution < -0.4 is 11.5 Å². The Kier molecular flexibility index (Phi) is 2.97. The molecular weight excluding hydrogens is 180 g/mol. The fraction of sp³-hybridized carbons (Fsp3) is 0.100. The van der Waals surface area contributed by atoms with Crippen LogP contribution in [-0.2, 0) is 4.74 Å². The van der Waals surface area contributed by atoms with E-state index in [1.165, 1.54) is 12.1 Å². The number of carbonyl (C=O) groups excluding carboxylic acids is 1. The van der Waals surface area contributed by atoms with Crippen LogP contribution >= 0.6 is 0 Å². The zero-order valence-electron chi connectivity index (χ0n) is 7.49. The number of hydrogen-bond donors (Lipinski definition) is 2. The molecule has 0 saturated heterocycles. The van der Waals surface area contributed by atoms with E-state index in [0.717, 1.165) is 0 Å². The Morgan fingerprint density at radius 2 is 1.93 bits per heavy atom. The third kappa shape index (κ3) is 2.42. The molecule has 1 aromatic rings. The van der Waals surface area contributed by atoms with Crippen LogP contribution in [0.25, 0.3) is 0 Å². The third-order valence-corrected chi connectivity index (χ3v) is 1.50. The predicted octanol–water partition coefficient (Wildman–Crippen LogP) is 0.641. The van der Waals surface area contributed by atoms with Crippen molar-refractivity contribution in [2.24, 2.45) is 0 Å². The first-order valence-corrected chi connectivity index (χ1v) is 3.90. The Morgan fingerprint density at radius 3 is 2.43 bits per heavy atom. The highest BCUT2D eigenvalue weighted by Gasteiger charge is 2.07. The lowest BCUT2D eigenvalue weighted by Crippen LogP contribution is -2.06. The Labute approximate surface area is 81.8 Å². The number of terminal acetylenes is 1. The monoisotopic (exact) mass is 190 g/mol. The van der Waals surface area contributed by atoms with Gasteiger partial charge in [0.2, 0.25) is 0 Å². The molecule has 4 nitrogen and oxygen atoms in total. The minimum absolute atomic E-state index is 0.0620. The molecule has 0 heterocycles. The second-order valence-corrected chi connectivity index (χ2v) is 2.67. The summed E-state index contributed by atoms with van der Waals surface area (Å²) in [5, 5.41) is 0. The molecule has 1 rings (SSSR count). The van der Waals surface area contributed by atoms with Crippen LogP contribution in [0.3, 0.4) is 0 Å². The van der Waals surface area contributed by atoms with Crippen molar-refractivity contribution in [3.63, 3.8) is 0 Å². The van der Waals surface area contributed by atoms with Crippen molar-refractivity contribution in [2.45, 2.75) is 0 Å². The molecule has 0 amide bonds. The molecule has 0 aliphatic carbocycles. The summed E-state index contributed by atoms with van der Waals surface area (Å²) < 4.78 is 4.70. The summed E-state index contributed by atoms with van der Waals surface area (Å²) in [6, 6.07) is 4.52. The van der Waals surface area contributed by atoms with Crippen molar-refractivity contribution in [3.8, 4) is 12.3 Å². The molecule has 14 heavy (non-hydrogen) atoms. The first kappa shape index (κ1) is 9.93. The zero-order chi connectivity index (χ0) is 10.6. The number of esters is 1. The highest BCUT2D eigenvalue weighted by molar-refractivity contribution is 5.91. The lowest BCUT2D eigenvalue weighted by molar-refractivity contribution is 0.0557. The van der Waals surface area contributed by atoms with Crippen LogP contribution in [0, 0.1) is 12.3 Å². The molecule has 0 aromatic heterocycles. The number of ether oxygens (including phenoxy) is 1. The van der Waals surface area contributed by atoms with Gasteiger partial charge in [-0.2, -0.15) is 0 Å². The minimum atomic E-state index is -0.526. The largest absolute Gasteiger partial charge is 0.449 e. The second kappa shape index (κ2) is 4.19. The second-order valence-electron chi connectivity index (χ2n) is 2.67. The van der Waals surface area contributed by atoms with E-state index in [1.807, 2.05) is 0 Å². The Bertz CT molecular complexity index is 373. The van der Waals surface area contributed by atoms with E-state index in [0.29, 0.717) is 16.9 Å². The van der Waals surface area contributed by atoms with Crippen molar-refractivity contribution in [1.82, 2.24) is 0 Å². The van der Waals surface area contributed by atoms with E-state index >= 15 is 0 Å². The van der Waals surface area contributed by atoms with Crippen LogP contribution in [0.2, 0.25) is 0 Å². The predicted molar refractivity (Wildman–Crippen MR) is 54.4 cm³/mol. The van der Waals surface area contributed by atoms with E-state index in [-0.39, 0.29) is 6.61 Å². The van der Waals surface area contributed by atoms with Crippen molar-refractivity contribution >= 4 is 17.3 Å². The molecular formula is C10H10N2O2. The molecule has 0 spiro atoms. The van der Waals surface area contributed by atoms with Gasteiger partial charge in [0.05, 0.1) is 5.56 Å². The van der Waals surface area contributed by atoms with Gasteiger partial charge in [0.15, 0.2) is 6.61 Å². The highest BCUT2D eigenvalue weighted by atomic mass is 16.5. The van der Waals surface area contributed by atoms with Gasteiger partial charge in [-0.15, -0.1) is 6.42 Å². The standard InChI is InChI=1S/C10H10N2O2/c1-2-3-14-10(13)7-4-8(11)6-9(12)5-7/h1,4-6H,3,11-12H2. The summed E-state index contributed by atoms with van der Waals surface area (Å²) in [7, 11) is 0. The van der Waals surface area contributed by atoms with Gasteiger partial charge in [0.25, 0.3) is 0 Å². The third-order valence-electron chi connectivity index (χ3n) is 1.50. The van der Waals surface area contributed by atoms with Gasteiger partial charge >= 0.3 is 5.97 Å². The molecule has 0 aliphatic rings. The first-order chi connectivity index (χ1) is 6.63. The maximum absolute atomic E-state index is 11.3. The number of rotatable bonds is 2. The van der Waals surface area contributed by atoms with Gasteiger partial charge in [-0.3, -0.25) is 0 Å². The number of benzene rings is 1. The zero-order valence-corrected chi connectivity index (χ0v) is 7.49. The summed E-state index contributed by atoms with van der Waals surface area (Å²) in [6.07, 6.45) is 4.94. The van der Waals surface area contributed by atoms with Gasteiger partial charge in [0.1, 0.15) is 0 Å². The fourth-order valence-corrected chi connectivity index (χ4v) is 0.985. The van der Waals surface area contributed by atoms with Crippen molar-refractivity contribution in [1.29, 1.82) is 0 Å². The minimum Gasteiger partial charge on any atom is -0.449 e. The number of hydrogen-bond acceptors (Lipinski definition) is 4. The average molecular weight is 190 g/mol. The molecule has 0 radical (unpaired) electrons. The van der Waals surface area contributed by atoms with Gasteiger partial charge < -0.3 is 16.2 Å². The smallest absolute Gasteiger partial charge is 0.339 e. The van der Waals surface area contributed by atoms with Crippen LogP contribution in [0.5, 0.6) is 0 Å². The molecule has 0 atom stereocenters. The normalized spacial score (nSPS) is 9.07. The van der Waals surface area contributed by atoms with E-state index in [2.05, 4.69) is 5.92 Å². The van der Waals surface area contributed by atoms with Crippen molar-refractivity contribution < 1.29 is 9.53 Å². The molecule has 4 N–H and O–H groups in total. The van der Waals surface area contributed by atoms with Crippen molar-refractivity contribution in [2.75, 3.05) is 18.1 Å². The molecule has 4 heteroatoms. The summed E-state index contributed by atoms with van der Waals surface area (Å²) in [4.78, 5) is 11.3. The molecule has 0 unspecified atom stereocenters. The number of nitrogen functional groups attached to an aromatic ring is 2. The van der Waals surface area contributed by atoms with E-state index in [1.54, 1.807) is 6.07 Å². The van der Waals surface area contributed by atoms with Gasteiger partial charge in [-0.05, 0) is 18.2 Å². The molecule has 0 bridgehead atoms. The molecule has 1 aromatic carbocycles. The molecule has 0 saturated carbocycles. The van der Waals surface area contributed by atoms with E-state index in [9.17, 15) is 4.79 Å². The Balaban J connectivity index is 2.85. The summed E-state index contributed by atoms with van der Waals surface area (Å²) >= 11 is 0. The first-order valence-electron chi connectivity index (χ1n) is 3.90. The molecule has 0 aliphatic heterocycles. The van der Waals surface area contributed by atoms with Gasteiger partial charge in [-0.25, -0.2) is 4.79 Å². The number of anilines is 2. The maximum Gasteiger partial charge on any atom is 0.339 e. The van der Waals surface area contributed by atoms with Crippen LogP contribution in [0.1, 0.15) is 10.4 Å². The lowest BCUT2D eigenvalue weighted by atomic mass is 10.2. The molecule has 72 valence electrons. The summed E-state index contributed by atoms with van der Waals surface area (Å²) in [5.74, 6) is 1.67. The summed E-state index contributed by atoms with van der Waals surface area (Å²) in [5.41, 5.74) is 12.1. The van der Waals surface area contributed by atoms with Crippen molar-refractivity contribution in [3.05, 3.63) is 23.8 Å². The van der Waals surface area contributed by atoms with Crippen LogP contribution in [-0.4, -0.2) is 12.6 Å². The Hall–Kier alpha value is -2.15. The van der Waals surface area contributed by atoms with Crippen LogP contribution in [0.15, 0.2) is 18.2 Å². The number of nitrogens with two attached hydrogens (primary N) is 2. The van der Waals surface area contributed by atoms with Gasteiger partial charge in [-0.1, -0.05) is 5.92 Å². The van der Waals surface area contributed by atoms with Crippen LogP contribution in [0.4, 0.5) is 11.4 Å². The summed E-state index contributed by atoms with van der Waals surface area (Å²) in [6.45, 7) is -0.0620. The van der Waals surface area contributed by atoms with Gasteiger partial charge in [0, 0.05) is 11.4 Å². The number of carbonyl (C=O) groups is 1. The highest BCUT2D eigenvalue weighted by Crippen LogP contribution is 2.14.